The molecule has 0 aliphatic carbocycles. The van der Waals surface area contributed by atoms with Crippen molar-refractivity contribution < 1.29 is 32.2 Å². The van der Waals surface area contributed by atoms with Crippen LogP contribution in [0.25, 0.3) is 0 Å². The highest BCUT2D eigenvalue weighted by Crippen LogP contribution is 2.31. The zero-order chi connectivity index (χ0) is 14.6. The van der Waals surface area contributed by atoms with Crippen molar-refractivity contribution in [1.29, 1.82) is 0 Å². The standard InChI is InChI=1S/C11H12F3NO4/c1-6-7(4-9(16)17-2)8(19-11(12,13)14)5-15-10(6)18-3/h5H,4H2,1-3H3. The summed E-state index contributed by atoms with van der Waals surface area (Å²) in [5, 5.41) is 0. The van der Waals surface area contributed by atoms with Crippen LogP contribution in [0.1, 0.15) is 11.1 Å². The molecule has 0 spiro atoms. The highest BCUT2D eigenvalue weighted by atomic mass is 19.4. The van der Waals surface area contributed by atoms with Crippen LogP contribution < -0.4 is 9.47 Å². The normalized spacial score (nSPS) is 11.1. The first-order chi connectivity index (χ1) is 8.78. The summed E-state index contributed by atoms with van der Waals surface area (Å²) in [6.07, 6.45) is -4.38. The van der Waals surface area contributed by atoms with Crippen LogP contribution in [-0.4, -0.2) is 31.5 Å². The average molecular weight is 279 g/mol. The first-order valence-corrected chi connectivity index (χ1v) is 5.13. The number of nitrogens with zero attached hydrogens (tertiary/aromatic N) is 1. The summed E-state index contributed by atoms with van der Waals surface area (Å²) in [5.41, 5.74) is 0.311. The Labute approximate surface area is 107 Å². The van der Waals surface area contributed by atoms with Crippen molar-refractivity contribution in [3.8, 4) is 11.6 Å². The molecule has 5 nitrogen and oxygen atoms in total. The highest BCUT2D eigenvalue weighted by Gasteiger charge is 2.33. The van der Waals surface area contributed by atoms with Gasteiger partial charge in [-0.2, -0.15) is 0 Å². The number of ether oxygens (including phenoxy) is 3. The predicted molar refractivity (Wildman–Crippen MR) is 57.9 cm³/mol. The number of aromatic nitrogens is 1. The number of hydrogen-bond acceptors (Lipinski definition) is 5. The van der Waals surface area contributed by atoms with Crippen LogP contribution in [0.15, 0.2) is 6.20 Å². The fourth-order valence-corrected chi connectivity index (χ4v) is 1.46. The van der Waals surface area contributed by atoms with Crippen LogP contribution in [0.2, 0.25) is 0 Å². The van der Waals surface area contributed by atoms with Crippen molar-refractivity contribution in [1.82, 2.24) is 4.98 Å². The van der Waals surface area contributed by atoms with E-state index >= 15 is 0 Å². The van der Waals surface area contributed by atoms with E-state index in [9.17, 15) is 18.0 Å². The molecule has 0 fully saturated rings. The first-order valence-electron chi connectivity index (χ1n) is 5.13. The minimum atomic E-state index is -4.87. The second-order valence-corrected chi connectivity index (χ2v) is 3.54. The van der Waals surface area contributed by atoms with Crippen molar-refractivity contribution in [3.63, 3.8) is 0 Å². The lowest BCUT2D eigenvalue weighted by Crippen LogP contribution is -2.20. The Morgan fingerprint density at radius 2 is 2.00 bits per heavy atom. The summed E-state index contributed by atoms with van der Waals surface area (Å²) in [5.74, 6) is -1.12. The third-order valence-electron chi connectivity index (χ3n) is 2.34. The van der Waals surface area contributed by atoms with Gasteiger partial charge in [-0.1, -0.05) is 0 Å². The van der Waals surface area contributed by atoms with Crippen molar-refractivity contribution in [2.24, 2.45) is 0 Å². The monoisotopic (exact) mass is 279 g/mol. The fourth-order valence-electron chi connectivity index (χ4n) is 1.46. The summed E-state index contributed by atoms with van der Waals surface area (Å²) < 4.78 is 49.9. The number of alkyl halides is 3. The minimum Gasteiger partial charge on any atom is -0.481 e. The quantitative estimate of drug-likeness (QED) is 0.789. The van der Waals surface area contributed by atoms with Gasteiger partial charge in [0.25, 0.3) is 0 Å². The molecule has 8 heteroatoms. The van der Waals surface area contributed by atoms with Crippen molar-refractivity contribution in [2.75, 3.05) is 14.2 Å². The molecule has 0 radical (unpaired) electrons. The number of carbonyl (C=O) groups excluding carboxylic acids is 1. The van der Waals surface area contributed by atoms with Crippen molar-refractivity contribution >= 4 is 5.97 Å². The molecule has 0 aromatic carbocycles. The van der Waals surface area contributed by atoms with Gasteiger partial charge in [0.15, 0.2) is 5.75 Å². The first kappa shape index (κ1) is 15.1. The van der Waals surface area contributed by atoms with Crippen LogP contribution in [0.3, 0.4) is 0 Å². The van der Waals surface area contributed by atoms with Crippen LogP contribution >= 0.6 is 0 Å². The van der Waals surface area contributed by atoms with Gasteiger partial charge in [-0.25, -0.2) is 4.98 Å². The zero-order valence-corrected chi connectivity index (χ0v) is 10.5. The number of pyridine rings is 1. The molecule has 0 aliphatic rings. The van der Waals surface area contributed by atoms with E-state index in [4.69, 9.17) is 4.74 Å². The molecule has 0 atom stereocenters. The fraction of sp³-hybridized carbons (Fsp3) is 0.455. The number of methoxy groups -OCH3 is 2. The molecule has 1 rings (SSSR count). The van der Waals surface area contributed by atoms with Crippen LogP contribution in [0.5, 0.6) is 11.6 Å². The van der Waals surface area contributed by atoms with E-state index in [1.807, 2.05) is 0 Å². The lowest BCUT2D eigenvalue weighted by atomic mass is 10.1. The summed E-state index contributed by atoms with van der Waals surface area (Å²) in [6, 6.07) is 0. The molecule has 0 saturated heterocycles. The Kier molecular flexibility index (Phi) is 4.57. The van der Waals surface area contributed by atoms with E-state index in [1.165, 1.54) is 14.0 Å². The van der Waals surface area contributed by atoms with Crippen LogP contribution in [-0.2, 0) is 16.0 Å². The topological polar surface area (TPSA) is 57.7 Å². The number of hydrogen-bond donors (Lipinski definition) is 0. The van der Waals surface area contributed by atoms with E-state index < -0.39 is 18.1 Å². The minimum absolute atomic E-state index is 0.0241. The molecule has 0 bridgehead atoms. The van der Waals surface area contributed by atoms with Crippen LogP contribution in [0, 0.1) is 6.92 Å². The van der Waals surface area contributed by atoms with E-state index in [0.29, 0.717) is 0 Å². The smallest absolute Gasteiger partial charge is 0.481 e. The maximum atomic E-state index is 12.3. The van der Waals surface area contributed by atoms with E-state index in [-0.39, 0.29) is 23.4 Å². The van der Waals surface area contributed by atoms with Gasteiger partial charge in [-0.3, -0.25) is 4.79 Å². The van der Waals surface area contributed by atoms with E-state index in [0.717, 1.165) is 13.3 Å². The molecular formula is C11H12F3NO4. The van der Waals surface area contributed by atoms with Crippen molar-refractivity contribution in [3.05, 3.63) is 17.3 Å². The molecule has 0 aliphatic heterocycles. The van der Waals surface area contributed by atoms with Gasteiger partial charge in [-0.05, 0) is 6.92 Å². The molecule has 0 saturated carbocycles. The molecule has 1 aromatic rings. The highest BCUT2D eigenvalue weighted by molar-refractivity contribution is 5.74. The molecule has 106 valence electrons. The summed E-state index contributed by atoms with van der Waals surface area (Å²) in [7, 11) is 2.46. The second-order valence-electron chi connectivity index (χ2n) is 3.54. The van der Waals surface area contributed by atoms with Gasteiger partial charge < -0.3 is 14.2 Å². The van der Waals surface area contributed by atoms with Gasteiger partial charge in [0.1, 0.15) is 0 Å². The predicted octanol–water partition coefficient (Wildman–Crippen LogP) is 2.01. The van der Waals surface area contributed by atoms with Gasteiger partial charge in [0, 0.05) is 11.1 Å². The Bertz CT molecular complexity index is 474. The number of esters is 1. The summed E-state index contributed by atoms with van der Waals surface area (Å²) in [4.78, 5) is 14.9. The summed E-state index contributed by atoms with van der Waals surface area (Å²) in [6.45, 7) is 1.48. The third kappa shape index (κ3) is 4.01. The number of halogens is 3. The number of carbonyl (C=O) groups is 1. The lowest BCUT2D eigenvalue weighted by Gasteiger charge is -2.15. The Morgan fingerprint density at radius 1 is 1.37 bits per heavy atom. The molecule has 19 heavy (non-hydrogen) atoms. The van der Waals surface area contributed by atoms with Crippen LogP contribution in [0.4, 0.5) is 13.2 Å². The molecular weight excluding hydrogens is 267 g/mol. The summed E-state index contributed by atoms with van der Waals surface area (Å²) >= 11 is 0. The largest absolute Gasteiger partial charge is 0.573 e. The molecule has 0 unspecified atom stereocenters. The Hall–Kier alpha value is -1.99. The van der Waals surface area contributed by atoms with Gasteiger partial charge >= 0.3 is 12.3 Å². The van der Waals surface area contributed by atoms with Gasteiger partial charge in [0.2, 0.25) is 5.88 Å². The molecule has 0 amide bonds. The third-order valence-corrected chi connectivity index (χ3v) is 2.34. The lowest BCUT2D eigenvalue weighted by molar-refractivity contribution is -0.275. The maximum Gasteiger partial charge on any atom is 0.573 e. The Balaban J connectivity index is 3.22. The molecule has 1 heterocycles. The molecule has 1 aromatic heterocycles. The Morgan fingerprint density at radius 3 is 2.47 bits per heavy atom. The SMILES string of the molecule is COC(=O)Cc1c(OC(F)(F)F)cnc(OC)c1C. The zero-order valence-electron chi connectivity index (χ0n) is 10.5. The van der Waals surface area contributed by atoms with Gasteiger partial charge in [0.05, 0.1) is 26.8 Å². The second kappa shape index (κ2) is 5.77. The average Bonchev–Trinajstić information content (AvgIpc) is 2.32. The van der Waals surface area contributed by atoms with E-state index in [2.05, 4.69) is 14.5 Å². The maximum absolute atomic E-state index is 12.3. The molecule has 0 N–H and O–H groups in total. The number of rotatable bonds is 4. The van der Waals surface area contributed by atoms with Gasteiger partial charge in [-0.15, -0.1) is 13.2 Å². The van der Waals surface area contributed by atoms with E-state index in [1.54, 1.807) is 0 Å². The van der Waals surface area contributed by atoms with Crippen molar-refractivity contribution in [2.45, 2.75) is 19.7 Å².